The van der Waals surface area contributed by atoms with Crippen LogP contribution in [0.15, 0.2) is 48.7 Å². The predicted octanol–water partition coefficient (Wildman–Crippen LogP) is 3.64. The summed E-state index contributed by atoms with van der Waals surface area (Å²) in [7, 11) is 0. The van der Waals surface area contributed by atoms with E-state index in [1.807, 2.05) is 0 Å². The van der Waals surface area contributed by atoms with Gasteiger partial charge in [0, 0.05) is 23.3 Å². The zero-order chi connectivity index (χ0) is 18.9. The second kappa shape index (κ2) is 7.00. The normalized spacial score (nSPS) is 13.0. The average molecular weight is 380 g/mol. The van der Waals surface area contributed by atoms with E-state index in [0.717, 1.165) is 6.20 Å². The van der Waals surface area contributed by atoms with E-state index in [2.05, 4.69) is 9.97 Å². The highest BCUT2D eigenvalue weighted by Crippen LogP contribution is 2.32. The van der Waals surface area contributed by atoms with Crippen LogP contribution >= 0.6 is 0 Å². The lowest BCUT2D eigenvalue weighted by molar-refractivity contribution is -0.140. The molecule has 0 N–H and O–H groups in total. The number of halogens is 3. The maximum absolute atomic E-state index is 13.1. The van der Waals surface area contributed by atoms with Gasteiger partial charge in [0.2, 0.25) is 0 Å². The molecule has 0 aliphatic heterocycles. The lowest BCUT2D eigenvalue weighted by Crippen LogP contribution is -2.05. The molecule has 0 amide bonds. The van der Waals surface area contributed by atoms with E-state index in [-0.39, 0.29) is 11.6 Å². The summed E-state index contributed by atoms with van der Waals surface area (Å²) in [6, 6.07) is 11.2. The van der Waals surface area contributed by atoms with Gasteiger partial charge in [-0.3, -0.25) is 8.78 Å². The number of pyridine rings is 1. The topological polar surface area (TPSA) is 70.8 Å². The van der Waals surface area contributed by atoms with Crippen molar-refractivity contribution in [3.63, 3.8) is 0 Å². The Kier molecular flexibility index (Phi) is 4.92. The van der Waals surface area contributed by atoms with Crippen LogP contribution in [0.4, 0.5) is 13.2 Å². The van der Waals surface area contributed by atoms with Gasteiger partial charge < -0.3 is 4.55 Å². The molecule has 0 bridgehead atoms. The molecule has 1 aromatic carbocycles. The van der Waals surface area contributed by atoms with Crippen molar-refractivity contribution in [2.45, 2.75) is 18.9 Å². The smallest absolute Gasteiger partial charge is 0.434 e. The van der Waals surface area contributed by atoms with Crippen molar-refractivity contribution in [1.29, 1.82) is 0 Å². The van der Waals surface area contributed by atoms with Gasteiger partial charge in [-0.05, 0) is 36.8 Å². The first kappa shape index (κ1) is 18.3. The minimum absolute atomic E-state index is 0.0566. The summed E-state index contributed by atoms with van der Waals surface area (Å²) in [5, 5.41) is 0. The lowest BCUT2D eigenvalue weighted by Gasteiger charge is -2.10. The quantitative estimate of drug-likeness (QED) is 0.648. The monoisotopic (exact) mass is 380 g/mol. The zero-order valence-electron chi connectivity index (χ0n) is 13.5. The van der Waals surface area contributed by atoms with Crippen molar-refractivity contribution < 1.29 is 21.9 Å². The highest BCUT2D eigenvalue weighted by Gasteiger charge is 2.35. The molecule has 136 valence electrons. The second-order valence-corrected chi connectivity index (χ2v) is 6.49. The fourth-order valence-electron chi connectivity index (χ4n) is 2.45. The number of imidazole rings is 1. The molecule has 0 radical (unpaired) electrons. The third-order valence-corrected chi connectivity index (χ3v) is 4.18. The highest BCUT2D eigenvalue weighted by atomic mass is 32.2. The summed E-state index contributed by atoms with van der Waals surface area (Å²) in [6.45, 7) is 1.74. The molecule has 0 spiro atoms. The first-order valence-electron chi connectivity index (χ1n) is 7.50. The van der Waals surface area contributed by atoms with E-state index >= 15 is 0 Å². The molecule has 1 unspecified atom stereocenters. The van der Waals surface area contributed by atoms with Gasteiger partial charge in [0.25, 0.3) is 0 Å². The highest BCUT2D eigenvalue weighted by molar-refractivity contribution is 7.78. The van der Waals surface area contributed by atoms with Crippen molar-refractivity contribution in [2.75, 3.05) is 0 Å². The van der Waals surface area contributed by atoms with Gasteiger partial charge >= 0.3 is 6.18 Å². The van der Waals surface area contributed by atoms with Crippen LogP contribution in [0.2, 0.25) is 0 Å². The number of aryl methyl sites for hydroxylation is 1. The van der Waals surface area contributed by atoms with Crippen molar-refractivity contribution >= 4 is 11.1 Å². The fourth-order valence-corrected chi connectivity index (χ4v) is 2.92. The van der Waals surface area contributed by atoms with Crippen LogP contribution in [0.5, 0.6) is 0 Å². The molecule has 2 aromatic heterocycles. The van der Waals surface area contributed by atoms with Crippen LogP contribution in [0, 0.1) is 6.92 Å². The van der Waals surface area contributed by atoms with E-state index < -0.39 is 23.0 Å². The second-order valence-electron chi connectivity index (χ2n) is 5.60. The molecule has 3 rings (SSSR count). The number of alkyl halides is 3. The molecular weight excluding hydrogens is 367 g/mol. The lowest BCUT2D eigenvalue weighted by atomic mass is 10.2. The van der Waals surface area contributed by atoms with Crippen LogP contribution in [0.1, 0.15) is 17.0 Å². The van der Waals surface area contributed by atoms with E-state index in [4.69, 9.17) is 0 Å². The molecule has 5 nitrogen and oxygen atoms in total. The first-order valence-corrected chi connectivity index (χ1v) is 8.74. The molecular formula is C17H13F3N3O2S-. The minimum Gasteiger partial charge on any atom is -0.772 e. The SMILES string of the molecule is Cc1cccc(-c2nc(C(F)(F)F)cn2-c2ccc(CS(=O)[O-])cc2)n1. The number of hydrogen-bond donors (Lipinski definition) is 0. The summed E-state index contributed by atoms with van der Waals surface area (Å²) < 4.78 is 62.2. The van der Waals surface area contributed by atoms with Crippen LogP contribution in [-0.4, -0.2) is 23.3 Å². The van der Waals surface area contributed by atoms with Crippen molar-refractivity contribution in [2.24, 2.45) is 0 Å². The molecule has 2 heterocycles. The maximum atomic E-state index is 13.1. The summed E-state index contributed by atoms with van der Waals surface area (Å²) in [5.74, 6) is -0.106. The van der Waals surface area contributed by atoms with Crippen molar-refractivity contribution in [3.8, 4) is 17.2 Å². The Morgan fingerprint density at radius 2 is 1.81 bits per heavy atom. The molecule has 0 fully saturated rings. The Hall–Kier alpha value is -2.52. The molecule has 3 aromatic rings. The van der Waals surface area contributed by atoms with Crippen LogP contribution < -0.4 is 0 Å². The molecule has 9 heteroatoms. The maximum Gasteiger partial charge on any atom is 0.434 e. The fraction of sp³-hybridized carbons (Fsp3) is 0.176. The molecule has 0 saturated carbocycles. The molecule has 0 aliphatic rings. The van der Waals surface area contributed by atoms with E-state index in [1.165, 1.54) is 4.57 Å². The third kappa shape index (κ3) is 4.00. The number of aromatic nitrogens is 3. The average Bonchev–Trinajstić information content (AvgIpc) is 3.00. The third-order valence-electron chi connectivity index (χ3n) is 3.61. The van der Waals surface area contributed by atoms with Gasteiger partial charge in [-0.1, -0.05) is 29.3 Å². The van der Waals surface area contributed by atoms with Gasteiger partial charge in [-0.25, -0.2) is 9.97 Å². The summed E-state index contributed by atoms with van der Waals surface area (Å²) in [5.41, 5.74) is 0.893. The standard InChI is InChI=1S/C17H14F3N3O2S/c1-11-3-2-4-14(21-11)16-22-15(17(18,19)20)9-23(16)13-7-5-12(6-8-13)10-26(24)25/h2-9H,10H2,1H3,(H,24,25)/p-1. The van der Waals surface area contributed by atoms with Gasteiger partial charge in [-0.2, -0.15) is 13.2 Å². The van der Waals surface area contributed by atoms with Crippen LogP contribution in [-0.2, 0) is 23.0 Å². The van der Waals surface area contributed by atoms with Gasteiger partial charge in [0.05, 0.1) is 0 Å². The molecule has 26 heavy (non-hydrogen) atoms. The molecule has 1 atom stereocenters. The van der Waals surface area contributed by atoms with Gasteiger partial charge in [0.15, 0.2) is 11.5 Å². The van der Waals surface area contributed by atoms with Gasteiger partial charge in [0.1, 0.15) is 5.69 Å². The van der Waals surface area contributed by atoms with Crippen LogP contribution in [0.3, 0.4) is 0 Å². The zero-order valence-corrected chi connectivity index (χ0v) is 14.3. The Bertz CT molecular complexity index is 953. The van der Waals surface area contributed by atoms with E-state index in [0.29, 0.717) is 22.6 Å². The van der Waals surface area contributed by atoms with E-state index in [1.54, 1.807) is 49.4 Å². The van der Waals surface area contributed by atoms with E-state index in [9.17, 15) is 21.9 Å². The van der Waals surface area contributed by atoms with Gasteiger partial charge in [-0.15, -0.1) is 0 Å². The Balaban J connectivity index is 2.10. The first-order chi connectivity index (χ1) is 12.2. The minimum atomic E-state index is -4.59. The number of hydrogen-bond acceptors (Lipinski definition) is 4. The Morgan fingerprint density at radius 1 is 1.12 bits per heavy atom. The number of benzene rings is 1. The number of rotatable bonds is 4. The molecule has 0 saturated heterocycles. The predicted molar refractivity (Wildman–Crippen MR) is 89.2 cm³/mol. The Morgan fingerprint density at radius 3 is 2.38 bits per heavy atom. The van der Waals surface area contributed by atoms with Crippen LogP contribution in [0.25, 0.3) is 17.2 Å². The summed E-state index contributed by atoms with van der Waals surface area (Å²) in [6.07, 6.45) is -3.69. The number of nitrogens with zero attached hydrogens (tertiary/aromatic N) is 3. The van der Waals surface area contributed by atoms with Crippen molar-refractivity contribution in [3.05, 3.63) is 65.6 Å². The largest absolute Gasteiger partial charge is 0.772 e. The molecule has 0 aliphatic carbocycles. The summed E-state index contributed by atoms with van der Waals surface area (Å²) in [4.78, 5) is 7.97. The van der Waals surface area contributed by atoms with Crippen molar-refractivity contribution in [1.82, 2.24) is 14.5 Å². The Labute approximate surface area is 149 Å². The summed E-state index contributed by atoms with van der Waals surface area (Å²) >= 11 is -2.24.